The molecule has 0 fully saturated rings. The molecule has 68 valence electrons. The zero-order valence-corrected chi connectivity index (χ0v) is 7.43. The van der Waals surface area contributed by atoms with E-state index in [0.29, 0.717) is 19.8 Å². The lowest BCUT2D eigenvalue weighted by Crippen LogP contribution is -2.06. The van der Waals surface area contributed by atoms with Gasteiger partial charge in [-0.3, -0.25) is 0 Å². The van der Waals surface area contributed by atoms with E-state index in [-0.39, 0.29) is 6.61 Å². The van der Waals surface area contributed by atoms with Crippen molar-refractivity contribution in [2.24, 2.45) is 0 Å². The van der Waals surface area contributed by atoms with Gasteiger partial charge in [0, 0.05) is 6.61 Å². The molecule has 0 atom stereocenters. The fourth-order valence-electron chi connectivity index (χ4n) is 0.429. The Kier molecular flexibility index (Phi) is 20.2. The molecule has 0 saturated heterocycles. The second-order valence-electron chi connectivity index (χ2n) is 1.53. The van der Waals surface area contributed by atoms with Gasteiger partial charge in [-0.2, -0.15) is 4.21 Å². The molecule has 0 bridgehead atoms. The Bertz CT molecular complexity index is 56.5. The fourth-order valence-corrected chi connectivity index (χ4v) is 0.429. The summed E-state index contributed by atoms with van der Waals surface area (Å²) >= 11 is 2.83. The lowest BCUT2D eigenvalue weighted by molar-refractivity contribution is 0.0370. The lowest BCUT2D eigenvalue weighted by atomic mass is 10.7. The maximum Gasteiger partial charge on any atom is 0.197 e. The first-order valence-electron chi connectivity index (χ1n) is 3.34. The van der Waals surface area contributed by atoms with E-state index in [1.54, 1.807) is 0 Å². The van der Waals surface area contributed by atoms with Gasteiger partial charge in [-0.1, -0.05) is 0 Å². The zero-order valence-electron chi connectivity index (χ0n) is 6.62. The fraction of sp³-hybridized carbons (Fsp3) is 1.00. The van der Waals surface area contributed by atoms with Gasteiger partial charge in [-0.25, -0.2) is 0 Å². The summed E-state index contributed by atoms with van der Waals surface area (Å²) < 4.78 is 17.7. The van der Waals surface area contributed by atoms with E-state index < -0.39 is 0 Å². The van der Waals surface area contributed by atoms with Crippen LogP contribution >= 0.6 is 0 Å². The van der Waals surface area contributed by atoms with Gasteiger partial charge in [0.1, 0.15) is 0 Å². The summed E-state index contributed by atoms with van der Waals surface area (Å²) in [5, 5.41) is 8.26. The van der Waals surface area contributed by atoms with Gasteiger partial charge in [0.15, 0.2) is 12.5 Å². The van der Waals surface area contributed by atoms with Crippen molar-refractivity contribution < 1.29 is 18.8 Å². The van der Waals surface area contributed by atoms with Crippen LogP contribution in [0.4, 0.5) is 0 Å². The Hall–Kier alpha value is -0.100. The van der Waals surface area contributed by atoms with Crippen LogP contribution < -0.4 is 0 Å². The molecule has 0 aromatic carbocycles. The highest BCUT2D eigenvalue weighted by Crippen LogP contribution is 1.76. The van der Waals surface area contributed by atoms with Crippen LogP contribution in [0.5, 0.6) is 0 Å². The van der Waals surface area contributed by atoms with E-state index in [0.717, 1.165) is 6.61 Å². The molecule has 0 saturated carbocycles. The highest BCUT2D eigenvalue weighted by molar-refractivity contribution is 7.44. The van der Waals surface area contributed by atoms with E-state index >= 15 is 0 Å². The molecule has 11 heavy (non-hydrogen) atoms. The minimum Gasteiger partial charge on any atom is -0.394 e. The van der Waals surface area contributed by atoms with Gasteiger partial charge in [-0.15, -0.1) is 0 Å². The average Bonchev–Trinajstić information content (AvgIpc) is 2.08. The summed E-state index contributed by atoms with van der Waals surface area (Å²) in [6.45, 7) is 4.36. The Balaban J connectivity index is 0. The van der Waals surface area contributed by atoms with Crippen molar-refractivity contribution >= 4 is 12.5 Å². The summed E-state index contributed by atoms with van der Waals surface area (Å²) in [6, 6.07) is 0. The van der Waals surface area contributed by atoms with Gasteiger partial charge < -0.3 is 14.6 Å². The molecular formula is C6H14O4S. The van der Waals surface area contributed by atoms with E-state index in [2.05, 4.69) is 12.5 Å². The highest BCUT2D eigenvalue weighted by atomic mass is 32.1. The first-order valence-corrected chi connectivity index (χ1v) is 3.68. The van der Waals surface area contributed by atoms with E-state index in [4.69, 9.17) is 18.8 Å². The summed E-state index contributed by atoms with van der Waals surface area (Å²) in [5.41, 5.74) is 0. The lowest BCUT2D eigenvalue weighted by Gasteiger charge is -2.00. The molecule has 0 aromatic rings. The van der Waals surface area contributed by atoms with E-state index in [1.165, 1.54) is 0 Å². The van der Waals surface area contributed by atoms with Crippen LogP contribution in [0, 0.1) is 0 Å². The third kappa shape index (κ3) is 17.7. The third-order valence-corrected chi connectivity index (χ3v) is 0.812. The molecular weight excluding hydrogens is 168 g/mol. The second kappa shape index (κ2) is 16.5. The Morgan fingerprint density at radius 2 is 1.73 bits per heavy atom. The summed E-state index contributed by atoms with van der Waals surface area (Å²) in [5.74, 6) is 0. The predicted octanol–water partition coefficient (Wildman–Crippen LogP) is -0.304. The quantitative estimate of drug-likeness (QED) is 0.571. The molecule has 0 rings (SSSR count). The standard InChI is InChI=1S/C6H14O3.OS/c1-2-8-5-6-9-4-3-7;1-2/h7H,2-6H2,1H3;. The number of aliphatic hydroxyl groups is 1. The van der Waals surface area contributed by atoms with Crippen molar-refractivity contribution in [2.45, 2.75) is 6.92 Å². The van der Waals surface area contributed by atoms with Crippen LogP contribution in [0.1, 0.15) is 6.92 Å². The van der Waals surface area contributed by atoms with E-state index in [1.807, 2.05) is 6.92 Å². The van der Waals surface area contributed by atoms with Crippen molar-refractivity contribution in [2.75, 3.05) is 33.0 Å². The van der Waals surface area contributed by atoms with Crippen molar-refractivity contribution in [1.29, 1.82) is 0 Å². The third-order valence-electron chi connectivity index (χ3n) is 0.812. The number of hydrogen-bond donors (Lipinski definition) is 1. The van der Waals surface area contributed by atoms with Crippen LogP contribution in [0.25, 0.3) is 0 Å². The van der Waals surface area contributed by atoms with Crippen molar-refractivity contribution in [1.82, 2.24) is 0 Å². The Morgan fingerprint density at radius 1 is 1.18 bits per heavy atom. The first-order chi connectivity index (χ1) is 5.41. The minimum atomic E-state index is 0.0894. The molecule has 0 unspecified atom stereocenters. The SMILES string of the molecule is CCOCCOCCO.O=S. The minimum absolute atomic E-state index is 0.0894. The van der Waals surface area contributed by atoms with Gasteiger partial charge in [-0.05, 0) is 6.92 Å². The molecule has 5 heteroatoms. The largest absolute Gasteiger partial charge is 0.394 e. The van der Waals surface area contributed by atoms with Gasteiger partial charge >= 0.3 is 0 Å². The number of hydrogen-bond acceptors (Lipinski definition) is 5. The topological polar surface area (TPSA) is 55.8 Å². The number of rotatable bonds is 6. The molecule has 0 aliphatic carbocycles. The normalized spacial score (nSPS) is 8.55. The summed E-state index contributed by atoms with van der Waals surface area (Å²) in [6.07, 6.45) is 0. The maximum absolute atomic E-state index is 8.26. The molecule has 1 N–H and O–H groups in total. The number of ether oxygens (including phenoxy) is 2. The smallest absolute Gasteiger partial charge is 0.197 e. The van der Waals surface area contributed by atoms with Crippen LogP contribution in [0.2, 0.25) is 0 Å². The maximum atomic E-state index is 8.26. The van der Waals surface area contributed by atoms with Crippen molar-refractivity contribution in [3.63, 3.8) is 0 Å². The molecule has 0 amide bonds. The predicted molar refractivity (Wildman–Crippen MR) is 42.5 cm³/mol. The molecule has 0 heterocycles. The summed E-state index contributed by atoms with van der Waals surface area (Å²) in [4.78, 5) is 0. The molecule has 0 aliphatic heterocycles. The summed E-state index contributed by atoms with van der Waals surface area (Å²) in [7, 11) is 0. The van der Waals surface area contributed by atoms with Crippen LogP contribution in [-0.4, -0.2) is 42.3 Å². The molecule has 0 spiro atoms. The zero-order chi connectivity index (χ0) is 8.95. The van der Waals surface area contributed by atoms with Gasteiger partial charge in [0.25, 0.3) is 0 Å². The molecule has 4 nitrogen and oxygen atoms in total. The van der Waals surface area contributed by atoms with Crippen LogP contribution in [0.15, 0.2) is 0 Å². The van der Waals surface area contributed by atoms with Gasteiger partial charge in [0.2, 0.25) is 0 Å². The average molecular weight is 182 g/mol. The van der Waals surface area contributed by atoms with Crippen molar-refractivity contribution in [3.05, 3.63) is 0 Å². The number of aliphatic hydroxyl groups excluding tert-OH is 1. The molecule has 0 aliphatic rings. The van der Waals surface area contributed by atoms with Gasteiger partial charge in [0.05, 0.1) is 26.4 Å². The monoisotopic (exact) mass is 182 g/mol. The van der Waals surface area contributed by atoms with Crippen LogP contribution in [-0.2, 0) is 22.0 Å². The van der Waals surface area contributed by atoms with Crippen LogP contribution in [0.3, 0.4) is 0 Å². The second-order valence-corrected chi connectivity index (χ2v) is 1.53. The van der Waals surface area contributed by atoms with Crippen molar-refractivity contribution in [3.8, 4) is 0 Å². The first kappa shape index (κ1) is 13.5. The molecule has 0 radical (unpaired) electrons. The molecule has 0 aromatic heterocycles. The highest BCUT2D eigenvalue weighted by Gasteiger charge is 1.84. The Morgan fingerprint density at radius 3 is 2.18 bits per heavy atom. The Labute approximate surface area is 72.0 Å². The van der Waals surface area contributed by atoms with E-state index in [9.17, 15) is 0 Å².